The SMILES string of the molecule is CC(=O)c1nn(-c2ccccc2)cc1Sc1ccc(Cl)cc1. The van der Waals surface area contributed by atoms with Gasteiger partial charge in [-0.2, -0.15) is 5.10 Å². The largest absolute Gasteiger partial charge is 0.293 e. The van der Waals surface area contributed by atoms with Gasteiger partial charge in [-0.1, -0.05) is 41.6 Å². The molecule has 0 N–H and O–H groups in total. The molecule has 0 aliphatic heterocycles. The third-order valence-electron chi connectivity index (χ3n) is 3.08. The molecule has 3 nitrogen and oxygen atoms in total. The standard InChI is InChI=1S/C17H13ClN2OS/c1-12(21)17-16(22-15-9-7-13(18)8-10-15)11-20(19-17)14-5-3-2-4-6-14/h2-11H,1H3. The molecule has 3 aromatic rings. The number of carbonyl (C=O) groups is 1. The molecule has 1 aromatic heterocycles. The molecule has 0 aliphatic carbocycles. The van der Waals surface area contributed by atoms with Gasteiger partial charge in [-0.3, -0.25) is 4.79 Å². The van der Waals surface area contributed by atoms with Crippen LogP contribution in [-0.4, -0.2) is 15.6 Å². The van der Waals surface area contributed by atoms with Gasteiger partial charge in [0, 0.05) is 23.0 Å². The topological polar surface area (TPSA) is 34.9 Å². The van der Waals surface area contributed by atoms with Gasteiger partial charge >= 0.3 is 0 Å². The van der Waals surface area contributed by atoms with Crippen LogP contribution in [0.3, 0.4) is 0 Å². The Morgan fingerprint density at radius 1 is 1.09 bits per heavy atom. The van der Waals surface area contributed by atoms with Crippen molar-refractivity contribution in [1.29, 1.82) is 0 Å². The molecular formula is C17H13ClN2OS. The lowest BCUT2D eigenvalue weighted by Gasteiger charge is -2.00. The van der Waals surface area contributed by atoms with Gasteiger partial charge in [0.15, 0.2) is 5.78 Å². The van der Waals surface area contributed by atoms with E-state index in [1.54, 1.807) is 4.68 Å². The zero-order valence-electron chi connectivity index (χ0n) is 11.9. The maximum atomic E-state index is 11.8. The summed E-state index contributed by atoms with van der Waals surface area (Å²) in [6, 6.07) is 17.3. The molecule has 22 heavy (non-hydrogen) atoms. The molecule has 0 spiro atoms. The first-order valence-electron chi connectivity index (χ1n) is 6.73. The van der Waals surface area contributed by atoms with Crippen molar-refractivity contribution in [2.45, 2.75) is 16.7 Å². The van der Waals surface area contributed by atoms with Crippen molar-refractivity contribution in [2.24, 2.45) is 0 Å². The van der Waals surface area contributed by atoms with E-state index in [9.17, 15) is 4.79 Å². The molecular weight excluding hydrogens is 316 g/mol. The quantitative estimate of drug-likeness (QED) is 0.640. The van der Waals surface area contributed by atoms with Crippen molar-refractivity contribution in [2.75, 3.05) is 0 Å². The van der Waals surface area contributed by atoms with E-state index >= 15 is 0 Å². The van der Waals surface area contributed by atoms with E-state index in [1.807, 2.05) is 60.8 Å². The summed E-state index contributed by atoms with van der Waals surface area (Å²) in [6.45, 7) is 1.53. The number of para-hydroxylation sites is 1. The van der Waals surface area contributed by atoms with Crippen LogP contribution in [-0.2, 0) is 0 Å². The van der Waals surface area contributed by atoms with Crippen LogP contribution >= 0.6 is 23.4 Å². The summed E-state index contributed by atoms with van der Waals surface area (Å²) in [7, 11) is 0. The molecule has 0 fully saturated rings. The number of Topliss-reactive ketones (excluding diaryl/α,β-unsaturated/α-hetero) is 1. The maximum Gasteiger partial charge on any atom is 0.181 e. The summed E-state index contributed by atoms with van der Waals surface area (Å²) in [4.78, 5) is 13.7. The number of aromatic nitrogens is 2. The molecule has 0 amide bonds. The fourth-order valence-corrected chi connectivity index (χ4v) is 3.11. The first-order valence-corrected chi connectivity index (χ1v) is 7.92. The molecule has 0 aliphatic rings. The molecule has 0 unspecified atom stereocenters. The number of nitrogens with zero attached hydrogens (tertiary/aromatic N) is 2. The fourth-order valence-electron chi connectivity index (χ4n) is 2.02. The van der Waals surface area contributed by atoms with Crippen molar-refractivity contribution in [3.8, 4) is 5.69 Å². The smallest absolute Gasteiger partial charge is 0.181 e. The normalized spacial score (nSPS) is 10.6. The Kier molecular flexibility index (Phi) is 4.32. The lowest BCUT2D eigenvalue weighted by atomic mass is 10.3. The van der Waals surface area contributed by atoms with Crippen LogP contribution in [0.5, 0.6) is 0 Å². The summed E-state index contributed by atoms with van der Waals surface area (Å²) in [5, 5.41) is 5.10. The molecule has 3 rings (SSSR count). The van der Waals surface area contributed by atoms with E-state index in [0.29, 0.717) is 10.7 Å². The fraction of sp³-hybridized carbons (Fsp3) is 0.0588. The third kappa shape index (κ3) is 3.24. The first kappa shape index (κ1) is 14.9. The van der Waals surface area contributed by atoms with Gasteiger partial charge in [-0.15, -0.1) is 0 Å². The Balaban J connectivity index is 1.97. The summed E-state index contributed by atoms with van der Waals surface area (Å²) >= 11 is 7.40. The van der Waals surface area contributed by atoms with Crippen LogP contribution in [0.25, 0.3) is 5.69 Å². The van der Waals surface area contributed by atoms with Crippen LogP contribution in [0.15, 0.2) is 70.6 Å². The molecule has 5 heteroatoms. The van der Waals surface area contributed by atoms with Gasteiger partial charge in [0.2, 0.25) is 0 Å². The minimum Gasteiger partial charge on any atom is -0.293 e. The average Bonchev–Trinajstić information content (AvgIpc) is 2.95. The lowest BCUT2D eigenvalue weighted by Crippen LogP contribution is -1.98. The molecule has 0 bridgehead atoms. The summed E-state index contributed by atoms with van der Waals surface area (Å²) in [5.74, 6) is -0.0499. The van der Waals surface area contributed by atoms with E-state index in [0.717, 1.165) is 15.5 Å². The van der Waals surface area contributed by atoms with Crippen molar-refractivity contribution in [3.63, 3.8) is 0 Å². The number of carbonyl (C=O) groups excluding carboxylic acids is 1. The number of ketones is 1. The Labute approximate surface area is 137 Å². The van der Waals surface area contributed by atoms with Crippen LogP contribution in [0.2, 0.25) is 5.02 Å². The Morgan fingerprint density at radius 2 is 1.77 bits per heavy atom. The number of hydrogen-bond donors (Lipinski definition) is 0. The summed E-state index contributed by atoms with van der Waals surface area (Å²) in [6.07, 6.45) is 1.88. The molecule has 0 radical (unpaired) electrons. The predicted molar refractivity (Wildman–Crippen MR) is 89.1 cm³/mol. The van der Waals surface area contributed by atoms with E-state index in [4.69, 9.17) is 11.6 Å². The highest BCUT2D eigenvalue weighted by Crippen LogP contribution is 2.31. The highest BCUT2D eigenvalue weighted by Gasteiger charge is 2.15. The average molecular weight is 329 g/mol. The van der Waals surface area contributed by atoms with Crippen LogP contribution in [0, 0.1) is 0 Å². The number of benzene rings is 2. The van der Waals surface area contributed by atoms with Gasteiger partial charge in [-0.25, -0.2) is 4.68 Å². The molecule has 0 saturated carbocycles. The Hall–Kier alpha value is -2.04. The molecule has 1 heterocycles. The van der Waals surface area contributed by atoms with Crippen molar-refractivity contribution >= 4 is 29.1 Å². The molecule has 0 saturated heterocycles. The minimum atomic E-state index is -0.0499. The van der Waals surface area contributed by atoms with Gasteiger partial charge in [0.05, 0.1) is 10.6 Å². The molecule has 0 atom stereocenters. The van der Waals surface area contributed by atoms with Crippen LogP contribution in [0.1, 0.15) is 17.4 Å². The number of hydrogen-bond acceptors (Lipinski definition) is 3. The first-order chi connectivity index (χ1) is 10.6. The van der Waals surface area contributed by atoms with Crippen LogP contribution in [0.4, 0.5) is 0 Å². The number of rotatable bonds is 4. The lowest BCUT2D eigenvalue weighted by molar-refractivity contribution is 0.101. The Morgan fingerprint density at radius 3 is 2.41 bits per heavy atom. The van der Waals surface area contributed by atoms with Gasteiger partial charge < -0.3 is 0 Å². The summed E-state index contributed by atoms with van der Waals surface area (Å²) in [5.41, 5.74) is 1.40. The molecule has 2 aromatic carbocycles. The Bertz CT molecular complexity index is 797. The zero-order chi connectivity index (χ0) is 15.5. The van der Waals surface area contributed by atoms with E-state index in [2.05, 4.69) is 5.10 Å². The monoisotopic (exact) mass is 328 g/mol. The minimum absolute atomic E-state index is 0.0499. The predicted octanol–water partition coefficient (Wildman–Crippen LogP) is 4.88. The van der Waals surface area contributed by atoms with E-state index in [1.165, 1.54) is 18.7 Å². The highest BCUT2D eigenvalue weighted by atomic mass is 35.5. The van der Waals surface area contributed by atoms with Gasteiger partial charge in [0.1, 0.15) is 5.69 Å². The van der Waals surface area contributed by atoms with E-state index in [-0.39, 0.29) is 5.78 Å². The van der Waals surface area contributed by atoms with Gasteiger partial charge in [0.25, 0.3) is 0 Å². The second-order valence-corrected chi connectivity index (χ2v) is 6.29. The summed E-state index contributed by atoms with van der Waals surface area (Å²) < 4.78 is 1.73. The third-order valence-corrected chi connectivity index (χ3v) is 4.35. The zero-order valence-corrected chi connectivity index (χ0v) is 13.4. The maximum absolute atomic E-state index is 11.8. The van der Waals surface area contributed by atoms with Crippen molar-refractivity contribution < 1.29 is 4.79 Å². The van der Waals surface area contributed by atoms with Crippen LogP contribution < -0.4 is 0 Å². The van der Waals surface area contributed by atoms with E-state index < -0.39 is 0 Å². The van der Waals surface area contributed by atoms with Crippen molar-refractivity contribution in [1.82, 2.24) is 9.78 Å². The van der Waals surface area contributed by atoms with Crippen molar-refractivity contribution in [3.05, 3.63) is 71.5 Å². The second-order valence-electron chi connectivity index (χ2n) is 4.73. The second kappa shape index (κ2) is 6.38. The highest BCUT2D eigenvalue weighted by molar-refractivity contribution is 7.99. The molecule has 110 valence electrons. The number of halogens is 1. The van der Waals surface area contributed by atoms with Gasteiger partial charge in [-0.05, 0) is 36.4 Å².